The quantitative estimate of drug-likeness (QED) is 0.301. The van der Waals surface area contributed by atoms with Crippen LogP contribution >= 0.6 is 11.3 Å². The average Bonchev–Trinajstić information content (AvgIpc) is 3.15. The molecule has 3 aromatic carbocycles. The molecular formula is C24H19NS. The first-order chi connectivity index (χ1) is 12.7. The minimum absolute atomic E-state index is 0.485. The first-order valence-corrected chi connectivity index (χ1v) is 9.89. The summed E-state index contributed by atoms with van der Waals surface area (Å²) in [5, 5.41) is 7.26. The maximum absolute atomic E-state index is 5.07. The third-order valence-corrected chi connectivity index (χ3v) is 5.97. The number of fused-ring (bicyclic) bond motifs is 4. The Labute approximate surface area is 156 Å². The molecule has 0 saturated heterocycles. The molecule has 0 aliphatic carbocycles. The number of para-hydroxylation sites is 1. The first-order valence-electron chi connectivity index (χ1n) is 9.01. The van der Waals surface area contributed by atoms with E-state index in [1.54, 1.807) is 0 Å². The van der Waals surface area contributed by atoms with Crippen molar-refractivity contribution in [3.05, 3.63) is 77.7 Å². The Hall–Kier alpha value is -2.71. The summed E-state index contributed by atoms with van der Waals surface area (Å²) in [6, 6.07) is 23.9. The van der Waals surface area contributed by atoms with Crippen molar-refractivity contribution in [1.29, 1.82) is 0 Å². The smallest absolute Gasteiger partial charge is 0.0788 e. The molecule has 0 amide bonds. The van der Waals surface area contributed by atoms with Crippen LogP contribution in [0.5, 0.6) is 0 Å². The van der Waals surface area contributed by atoms with Gasteiger partial charge in [-0.1, -0.05) is 56.3 Å². The number of thiophene rings is 1. The number of benzene rings is 3. The number of rotatable bonds is 2. The summed E-state index contributed by atoms with van der Waals surface area (Å²) >= 11 is 1.81. The first kappa shape index (κ1) is 15.5. The fourth-order valence-electron chi connectivity index (χ4n) is 3.84. The van der Waals surface area contributed by atoms with E-state index in [2.05, 4.69) is 86.0 Å². The second-order valence-corrected chi connectivity index (χ2v) is 8.02. The monoisotopic (exact) mass is 353 g/mol. The second-order valence-electron chi connectivity index (χ2n) is 7.08. The van der Waals surface area contributed by atoms with E-state index in [-0.39, 0.29) is 0 Å². The molecule has 126 valence electrons. The number of nitrogens with zero attached hydrogens (tertiary/aromatic N) is 1. The Balaban J connectivity index is 1.90. The van der Waals surface area contributed by atoms with Crippen molar-refractivity contribution >= 4 is 43.1 Å². The second kappa shape index (κ2) is 5.93. The number of hydrogen-bond donors (Lipinski definition) is 0. The molecule has 26 heavy (non-hydrogen) atoms. The van der Waals surface area contributed by atoms with E-state index >= 15 is 0 Å². The van der Waals surface area contributed by atoms with Gasteiger partial charge < -0.3 is 0 Å². The number of aromatic nitrogens is 1. The van der Waals surface area contributed by atoms with E-state index in [4.69, 9.17) is 4.98 Å². The van der Waals surface area contributed by atoms with Gasteiger partial charge in [-0.15, -0.1) is 11.3 Å². The van der Waals surface area contributed by atoms with Gasteiger partial charge in [-0.3, -0.25) is 0 Å². The van der Waals surface area contributed by atoms with Crippen molar-refractivity contribution < 1.29 is 0 Å². The number of pyridine rings is 1. The van der Waals surface area contributed by atoms with Crippen molar-refractivity contribution in [3.8, 4) is 11.3 Å². The van der Waals surface area contributed by atoms with Crippen LogP contribution in [0.2, 0.25) is 0 Å². The molecule has 0 unspecified atom stereocenters. The van der Waals surface area contributed by atoms with Gasteiger partial charge in [-0.05, 0) is 51.9 Å². The minimum Gasteiger partial charge on any atom is -0.247 e. The summed E-state index contributed by atoms with van der Waals surface area (Å²) < 4.78 is 1.34. The Morgan fingerprint density at radius 1 is 0.769 bits per heavy atom. The molecule has 0 radical (unpaired) electrons. The van der Waals surface area contributed by atoms with Crippen molar-refractivity contribution in [2.45, 2.75) is 19.8 Å². The van der Waals surface area contributed by atoms with Gasteiger partial charge in [-0.25, -0.2) is 4.98 Å². The predicted octanol–water partition coefficient (Wildman–Crippen LogP) is 7.39. The molecule has 2 aromatic heterocycles. The summed E-state index contributed by atoms with van der Waals surface area (Å²) in [6.07, 6.45) is 0. The Kier molecular flexibility index (Phi) is 3.54. The standard InChI is InChI=1S/C24H19NS/c1-15(2)21-13-16(14-23-19(21)11-12-26-23)24-20-9-4-3-7-17(20)18-8-5-6-10-22(18)25-24/h3-15H,1-2H3. The normalized spacial score (nSPS) is 11.8. The van der Waals surface area contributed by atoms with Crippen molar-refractivity contribution in [2.24, 2.45) is 0 Å². The lowest BCUT2D eigenvalue weighted by molar-refractivity contribution is 0.877. The summed E-state index contributed by atoms with van der Waals surface area (Å²) in [6.45, 7) is 4.53. The van der Waals surface area contributed by atoms with E-state index in [1.807, 2.05) is 11.3 Å². The van der Waals surface area contributed by atoms with Crippen LogP contribution in [-0.2, 0) is 0 Å². The van der Waals surface area contributed by atoms with Crippen molar-refractivity contribution in [3.63, 3.8) is 0 Å². The van der Waals surface area contributed by atoms with Gasteiger partial charge in [0.15, 0.2) is 0 Å². The molecule has 0 atom stereocenters. The zero-order chi connectivity index (χ0) is 17.7. The maximum atomic E-state index is 5.07. The SMILES string of the molecule is CC(C)c1cc(-c2nc3ccccc3c3ccccc23)cc2sccc12. The third kappa shape index (κ3) is 2.33. The van der Waals surface area contributed by atoms with Crippen LogP contribution in [0.3, 0.4) is 0 Å². The molecule has 5 aromatic rings. The zero-order valence-corrected chi connectivity index (χ0v) is 15.7. The molecule has 0 aliphatic heterocycles. The van der Waals surface area contributed by atoms with Crippen LogP contribution in [0.25, 0.3) is 43.0 Å². The van der Waals surface area contributed by atoms with Gasteiger partial charge in [0.2, 0.25) is 0 Å². The third-order valence-electron chi connectivity index (χ3n) is 5.11. The maximum Gasteiger partial charge on any atom is 0.0788 e. The number of hydrogen-bond acceptors (Lipinski definition) is 2. The van der Waals surface area contributed by atoms with Crippen LogP contribution in [0.1, 0.15) is 25.3 Å². The fourth-order valence-corrected chi connectivity index (χ4v) is 4.70. The molecule has 0 saturated carbocycles. The highest BCUT2D eigenvalue weighted by Crippen LogP contribution is 2.37. The largest absolute Gasteiger partial charge is 0.247 e. The van der Waals surface area contributed by atoms with E-state index < -0.39 is 0 Å². The fraction of sp³-hybridized carbons (Fsp3) is 0.125. The minimum atomic E-state index is 0.485. The van der Waals surface area contributed by atoms with Crippen LogP contribution < -0.4 is 0 Å². The van der Waals surface area contributed by atoms with Gasteiger partial charge >= 0.3 is 0 Å². The van der Waals surface area contributed by atoms with E-state index in [0.717, 1.165) is 11.2 Å². The summed E-state index contributed by atoms with van der Waals surface area (Å²) in [7, 11) is 0. The predicted molar refractivity (Wildman–Crippen MR) is 114 cm³/mol. The van der Waals surface area contributed by atoms with Crippen LogP contribution in [0.15, 0.2) is 72.1 Å². The van der Waals surface area contributed by atoms with E-state index in [9.17, 15) is 0 Å². The van der Waals surface area contributed by atoms with Gasteiger partial charge in [0.25, 0.3) is 0 Å². The molecule has 1 nitrogen and oxygen atoms in total. The summed E-state index contributed by atoms with van der Waals surface area (Å²) in [5.74, 6) is 0.485. The van der Waals surface area contributed by atoms with Gasteiger partial charge in [0.05, 0.1) is 11.2 Å². The molecule has 2 heteroatoms. The van der Waals surface area contributed by atoms with E-state index in [1.165, 1.54) is 37.4 Å². The molecule has 0 N–H and O–H groups in total. The van der Waals surface area contributed by atoms with Gasteiger partial charge in [0, 0.05) is 21.0 Å². The average molecular weight is 353 g/mol. The molecule has 0 aliphatic rings. The highest BCUT2D eigenvalue weighted by molar-refractivity contribution is 7.17. The molecular weight excluding hydrogens is 334 g/mol. The lowest BCUT2D eigenvalue weighted by atomic mass is 9.94. The van der Waals surface area contributed by atoms with Crippen molar-refractivity contribution in [1.82, 2.24) is 4.98 Å². The Morgan fingerprint density at radius 2 is 1.50 bits per heavy atom. The van der Waals surface area contributed by atoms with Crippen LogP contribution in [-0.4, -0.2) is 4.98 Å². The zero-order valence-electron chi connectivity index (χ0n) is 14.9. The lowest BCUT2D eigenvalue weighted by Gasteiger charge is -2.13. The van der Waals surface area contributed by atoms with E-state index in [0.29, 0.717) is 5.92 Å². The Morgan fingerprint density at radius 3 is 2.31 bits per heavy atom. The molecule has 0 spiro atoms. The van der Waals surface area contributed by atoms with Crippen molar-refractivity contribution in [2.75, 3.05) is 0 Å². The molecule has 2 heterocycles. The Bertz CT molecular complexity index is 1260. The summed E-state index contributed by atoms with van der Waals surface area (Å²) in [4.78, 5) is 5.07. The molecule has 0 bridgehead atoms. The molecule has 5 rings (SSSR count). The van der Waals surface area contributed by atoms with Gasteiger partial charge in [-0.2, -0.15) is 0 Å². The summed E-state index contributed by atoms with van der Waals surface area (Å²) in [5.41, 5.74) is 4.75. The van der Waals surface area contributed by atoms with Crippen LogP contribution in [0, 0.1) is 0 Å². The molecule has 0 fully saturated rings. The highest BCUT2D eigenvalue weighted by Gasteiger charge is 2.14. The van der Waals surface area contributed by atoms with Crippen LogP contribution in [0.4, 0.5) is 0 Å². The lowest BCUT2D eigenvalue weighted by Crippen LogP contribution is -1.93. The highest BCUT2D eigenvalue weighted by atomic mass is 32.1. The van der Waals surface area contributed by atoms with Gasteiger partial charge in [0.1, 0.15) is 0 Å². The topological polar surface area (TPSA) is 12.9 Å².